The highest BCUT2D eigenvalue weighted by Gasteiger charge is 2.73. The molecule has 3 aliphatic rings. The van der Waals surface area contributed by atoms with Crippen molar-refractivity contribution in [3.63, 3.8) is 0 Å². The molecule has 0 amide bonds. The Morgan fingerprint density at radius 2 is 1.85 bits per heavy atom. The molecule has 0 radical (unpaired) electrons. The normalized spacial score (nSPS) is 30.4. The molecular weight excluding hydrogens is 276 g/mol. The van der Waals surface area contributed by atoms with Crippen LogP contribution >= 0.6 is 11.6 Å². The van der Waals surface area contributed by atoms with Gasteiger partial charge in [0, 0.05) is 16.8 Å². The molecule has 3 fully saturated rings. The van der Waals surface area contributed by atoms with E-state index in [0.717, 1.165) is 11.1 Å². The summed E-state index contributed by atoms with van der Waals surface area (Å²) in [7, 11) is 0. The van der Waals surface area contributed by atoms with Gasteiger partial charge in [-0.3, -0.25) is 9.48 Å². The molecule has 4 nitrogen and oxygen atoms in total. The summed E-state index contributed by atoms with van der Waals surface area (Å²) in [5.41, 5.74) is 1.59. The lowest BCUT2D eigenvalue weighted by atomic mass is 9.39. The summed E-state index contributed by atoms with van der Waals surface area (Å²) in [6.07, 6.45) is 5.95. The van der Waals surface area contributed by atoms with E-state index in [-0.39, 0.29) is 5.54 Å². The summed E-state index contributed by atoms with van der Waals surface area (Å²) >= 11 is 5.88. The first kappa shape index (κ1) is 12.0. The molecule has 1 aromatic carbocycles. The first-order valence-electron chi connectivity index (χ1n) is 6.58. The molecule has 20 heavy (non-hydrogen) atoms. The highest BCUT2D eigenvalue weighted by molar-refractivity contribution is 6.30. The molecule has 0 unspecified atom stereocenters. The molecule has 0 spiro atoms. The zero-order valence-electron chi connectivity index (χ0n) is 10.7. The van der Waals surface area contributed by atoms with Gasteiger partial charge in [0.25, 0.3) is 0 Å². The maximum atomic E-state index is 11.1. The number of rotatable bonds is 3. The molecule has 102 valence electrons. The zero-order valence-corrected chi connectivity index (χ0v) is 11.5. The van der Waals surface area contributed by atoms with E-state index < -0.39 is 11.4 Å². The van der Waals surface area contributed by atoms with Crippen LogP contribution in [-0.4, -0.2) is 20.9 Å². The second-order valence-corrected chi connectivity index (χ2v) is 6.46. The van der Waals surface area contributed by atoms with Crippen molar-refractivity contribution >= 4 is 17.6 Å². The number of nitrogens with zero attached hydrogens (tertiary/aromatic N) is 2. The van der Waals surface area contributed by atoms with E-state index in [0.29, 0.717) is 24.3 Å². The number of hydrogen-bond acceptors (Lipinski definition) is 2. The van der Waals surface area contributed by atoms with Gasteiger partial charge in [-0.25, -0.2) is 0 Å². The van der Waals surface area contributed by atoms with E-state index in [4.69, 9.17) is 16.7 Å². The largest absolute Gasteiger partial charge is 0.481 e. The maximum absolute atomic E-state index is 11.1. The second-order valence-electron chi connectivity index (χ2n) is 6.02. The van der Waals surface area contributed by atoms with Crippen LogP contribution in [0.1, 0.15) is 19.3 Å². The van der Waals surface area contributed by atoms with Crippen molar-refractivity contribution < 1.29 is 9.90 Å². The third-order valence-corrected chi connectivity index (χ3v) is 4.95. The molecular formula is C15H13ClN2O2. The van der Waals surface area contributed by atoms with Gasteiger partial charge >= 0.3 is 5.97 Å². The monoisotopic (exact) mass is 288 g/mol. The number of aromatic nitrogens is 2. The molecule has 1 aromatic heterocycles. The van der Waals surface area contributed by atoms with Crippen LogP contribution in [0.15, 0.2) is 36.7 Å². The van der Waals surface area contributed by atoms with Gasteiger partial charge in [0.2, 0.25) is 0 Å². The number of carboxylic acid groups (broad SMARTS) is 1. The molecule has 5 rings (SSSR count). The number of halogens is 1. The fraction of sp³-hybridized carbons (Fsp3) is 0.333. The highest BCUT2D eigenvalue weighted by atomic mass is 35.5. The smallest absolute Gasteiger partial charge is 0.309 e. The van der Waals surface area contributed by atoms with Gasteiger partial charge in [0.15, 0.2) is 0 Å². The van der Waals surface area contributed by atoms with Crippen molar-refractivity contribution in [2.24, 2.45) is 5.41 Å². The molecule has 0 aliphatic heterocycles. The third-order valence-electron chi connectivity index (χ3n) is 4.70. The van der Waals surface area contributed by atoms with E-state index >= 15 is 0 Å². The lowest BCUT2D eigenvalue weighted by molar-refractivity contribution is -0.216. The fourth-order valence-corrected chi connectivity index (χ4v) is 3.70. The van der Waals surface area contributed by atoms with Crippen LogP contribution in [0.25, 0.3) is 11.1 Å². The van der Waals surface area contributed by atoms with E-state index in [2.05, 4.69) is 5.10 Å². The Kier molecular flexibility index (Phi) is 2.18. The molecule has 1 N–H and O–H groups in total. The summed E-state index contributed by atoms with van der Waals surface area (Å²) in [6, 6.07) is 7.64. The first-order valence-corrected chi connectivity index (χ1v) is 6.95. The standard InChI is InChI=1S/C15H13ClN2O2/c16-12-3-1-10(2-4-12)11-5-17-18(6-11)15-7-14(8-15,9-15)13(19)20/h1-6H,7-9H2,(H,19,20). The lowest BCUT2D eigenvalue weighted by Crippen LogP contribution is -2.70. The van der Waals surface area contributed by atoms with Crippen molar-refractivity contribution in [2.45, 2.75) is 24.8 Å². The maximum Gasteiger partial charge on any atom is 0.309 e. The quantitative estimate of drug-likeness (QED) is 0.944. The van der Waals surface area contributed by atoms with Gasteiger partial charge in [-0.15, -0.1) is 0 Å². The predicted octanol–water partition coefficient (Wildman–Crippen LogP) is 3.17. The van der Waals surface area contributed by atoms with Gasteiger partial charge in [0.05, 0.1) is 17.2 Å². The number of benzene rings is 1. The van der Waals surface area contributed by atoms with Crippen molar-refractivity contribution in [1.29, 1.82) is 0 Å². The average molecular weight is 289 g/mol. The topological polar surface area (TPSA) is 55.1 Å². The van der Waals surface area contributed by atoms with Crippen LogP contribution < -0.4 is 0 Å². The molecule has 5 heteroatoms. The molecule has 1 heterocycles. The van der Waals surface area contributed by atoms with Crippen LogP contribution in [0.4, 0.5) is 0 Å². The Balaban J connectivity index is 1.59. The number of carboxylic acids is 1. The third kappa shape index (κ3) is 1.43. The summed E-state index contributed by atoms with van der Waals surface area (Å²) in [4.78, 5) is 11.1. The molecule has 3 aliphatic carbocycles. The fourth-order valence-electron chi connectivity index (χ4n) is 3.58. The van der Waals surface area contributed by atoms with Crippen molar-refractivity contribution in [3.8, 4) is 11.1 Å². The van der Waals surface area contributed by atoms with Gasteiger partial charge in [0.1, 0.15) is 0 Å². The Bertz CT molecular complexity index is 685. The highest BCUT2D eigenvalue weighted by Crippen LogP contribution is 2.71. The van der Waals surface area contributed by atoms with Crippen LogP contribution in [0.5, 0.6) is 0 Å². The summed E-state index contributed by atoms with van der Waals surface area (Å²) in [6.45, 7) is 0. The average Bonchev–Trinajstić information content (AvgIpc) is 2.75. The van der Waals surface area contributed by atoms with E-state index in [1.807, 2.05) is 41.3 Å². The Hall–Kier alpha value is -1.81. The Morgan fingerprint density at radius 1 is 1.20 bits per heavy atom. The predicted molar refractivity (Wildman–Crippen MR) is 74.6 cm³/mol. The molecule has 0 atom stereocenters. The SMILES string of the molecule is O=C(O)C12CC(n3cc(-c4ccc(Cl)cc4)cn3)(C1)C2. The van der Waals surface area contributed by atoms with Gasteiger partial charge in [-0.1, -0.05) is 23.7 Å². The van der Waals surface area contributed by atoms with Crippen LogP contribution in [0.3, 0.4) is 0 Å². The zero-order chi connectivity index (χ0) is 14.0. The number of hydrogen-bond donors (Lipinski definition) is 1. The second kappa shape index (κ2) is 3.64. The van der Waals surface area contributed by atoms with Gasteiger partial charge in [-0.2, -0.15) is 5.10 Å². The molecule has 3 saturated carbocycles. The van der Waals surface area contributed by atoms with Crippen LogP contribution in [0, 0.1) is 5.41 Å². The summed E-state index contributed by atoms with van der Waals surface area (Å²) < 4.78 is 1.95. The lowest BCUT2D eigenvalue weighted by Gasteiger charge is -2.67. The van der Waals surface area contributed by atoms with E-state index in [1.54, 1.807) is 0 Å². The summed E-state index contributed by atoms with van der Waals surface area (Å²) in [5.74, 6) is -0.663. The van der Waals surface area contributed by atoms with Crippen LogP contribution in [0.2, 0.25) is 5.02 Å². The first-order chi connectivity index (χ1) is 9.53. The number of aliphatic carboxylic acids is 1. The van der Waals surface area contributed by atoms with Crippen LogP contribution in [-0.2, 0) is 10.3 Å². The van der Waals surface area contributed by atoms with Crippen molar-refractivity contribution in [2.75, 3.05) is 0 Å². The Labute approximate surface area is 121 Å². The molecule has 0 saturated heterocycles. The van der Waals surface area contributed by atoms with Gasteiger partial charge < -0.3 is 5.11 Å². The molecule has 2 bridgehead atoms. The minimum absolute atomic E-state index is 0.0525. The van der Waals surface area contributed by atoms with E-state index in [1.165, 1.54) is 0 Å². The van der Waals surface area contributed by atoms with Crippen molar-refractivity contribution in [3.05, 3.63) is 41.7 Å². The molecule has 2 aromatic rings. The van der Waals surface area contributed by atoms with E-state index in [9.17, 15) is 4.79 Å². The summed E-state index contributed by atoms with van der Waals surface area (Å²) in [5, 5.41) is 14.3. The van der Waals surface area contributed by atoms with Gasteiger partial charge in [-0.05, 0) is 37.0 Å². The minimum atomic E-state index is -0.663. The minimum Gasteiger partial charge on any atom is -0.481 e. The Morgan fingerprint density at radius 3 is 2.45 bits per heavy atom. The van der Waals surface area contributed by atoms with Crippen molar-refractivity contribution in [1.82, 2.24) is 9.78 Å². The number of carbonyl (C=O) groups is 1.